The van der Waals surface area contributed by atoms with E-state index in [0.29, 0.717) is 0 Å². The first kappa shape index (κ1) is 13.8. The highest BCUT2D eigenvalue weighted by atomic mass is 35.5. The van der Waals surface area contributed by atoms with E-state index in [1.165, 1.54) is 33.2 Å². The Balaban J connectivity index is 1.81. The highest BCUT2D eigenvalue weighted by molar-refractivity contribution is 6.30. The van der Waals surface area contributed by atoms with Gasteiger partial charge in [-0.15, -0.1) is 0 Å². The number of hydrogen-bond donors (Lipinski definition) is 0. The molecule has 0 saturated carbocycles. The average Bonchev–Trinajstić information content (AvgIpc) is 3.05. The molecular formula is C21H15ClN2. The minimum atomic E-state index is 0.799. The lowest BCUT2D eigenvalue weighted by Crippen LogP contribution is -2.07. The van der Waals surface area contributed by atoms with Crippen molar-refractivity contribution < 1.29 is 0 Å². The molecule has 1 aliphatic rings. The van der Waals surface area contributed by atoms with Crippen LogP contribution in [0.1, 0.15) is 11.1 Å². The van der Waals surface area contributed by atoms with Crippen molar-refractivity contribution in [2.24, 2.45) is 0 Å². The molecule has 2 nitrogen and oxygen atoms in total. The molecule has 0 unspecified atom stereocenters. The number of hydrogen-bond acceptors (Lipinski definition) is 1. The summed E-state index contributed by atoms with van der Waals surface area (Å²) in [6.07, 6.45) is 4.03. The maximum atomic E-state index is 6.19. The van der Waals surface area contributed by atoms with E-state index < -0.39 is 0 Å². The van der Waals surface area contributed by atoms with Crippen molar-refractivity contribution >= 4 is 22.4 Å². The number of fused-ring (bicyclic) bond motifs is 4. The smallest absolute Gasteiger partial charge is 0.0776 e. The summed E-state index contributed by atoms with van der Waals surface area (Å²) in [4.78, 5) is 0. The van der Waals surface area contributed by atoms with Gasteiger partial charge in [0, 0.05) is 16.0 Å². The second-order valence-corrected chi connectivity index (χ2v) is 6.67. The zero-order chi connectivity index (χ0) is 16.1. The standard InChI is InChI=1S/C21H15ClN2/c22-17-10-11-19-15(12-17)8-9-16-13-23-24(21(16)19)20-7-3-5-14-4-1-2-6-18(14)20/h1-7,10-13H,8-9H2. The van der Waals surface area contributed by atoms with Gasteiger partial charge in [-0.3, -0.25) is 0 Å². The molecule has 1 heterocycles. The largest absolute Gasteiger partial charge is 0.232 e. The first-order chi connectivity index (χ1) is 11.8. The van der Waals surface area contributed by atoms with Crippen LogP contribution in [-0.4, -0.2) is 9.78 Å². The molecule has 116 valence electrons. The SMILES string of the molecule is Clc1ccc2c(c1)CCc1cnn(-c3cccc4ccccc34)c1-2. The first-order valence-corrected chi connectivity index (χ1v) is 8.53. The van der Waals surface area contributed by atoms with Crippen LogP contribution in [0.2, 0.25) is 5.02 Å². The molecule has 0 fully saturated rings. The second kappa shape index (κ2) is 5.22. The summed E-state index contributed by atoms with van der Waals surface area (Å²) in [6.45, 7) is 0. The van der Waals surface area contributed by atoms with Crippen molar-refractivity contribution in [3.05, 3.63) is 83.0 Å². The molecule has 0 aliphatic heterocycles. The van der Waals surface area contributed by atoms with Crippen molar-refractivity contribution in [3.8, 4) is 16.9 Å². The molecule has 24 heavy (non-hydrogen) atoms. The van der Waals surface area contributed by atoms with Gasteiger partial charge in [0.15, 0.2) is 0 Å². The van der Waals surface area contributed by atoms with Crippen molar-refractivity contribution in [1.82, 2.24) is 9.78 Å². The first-order valence-electron chi connectivity index (χ1n) is 8.15. The number of benzene rings is 3. The predicted molar refractivity (Wildman–Crippen MR) is 98.9 cm³/mol. The van der Waals surface area contributed by atoms with Gasteiger partial charge in [0.2, 0.25) is 0 Å². The van der Waals surface area contributed by atoms with E-state index in [1.807, 2.05) is 12.3 Å². The van der Waals surface area contributed by atoms with Crippen LogP contribution in [0.15, 0.2) is 66.9 Å². The van der Waals surface area contributed by atoms with Crippen LogP contribution in [0, 0.1) is 0 Å². The van der Waals surface area contributed by atoms with Crippen LogP contribution in [-0.2, 0) is 12.8 Å². The van der Waals surface area contributed by atoms with Gasteiger partial charge in [0.1, 0.15) is 0 Å². The quantitative estimate of drug-likeness (QED) is 0.454. The van der Waals surface area contributed by atoms with Crippen molar-refractivity contribution in [3.63, 3.8) is 0 Å². The summed E-state index contributed by atoms with van der Waals surface area (Å²) in [5.74, 6) is 0. The van der Waals surface area contributed by atoms with E-state index in [0.717, 1.165) is 23.6 Å². The normalized spacial score (nSPS) is 12.9. The van der Waals surface area contributed by atoms with Gasteiger partial charge >= 0.3 is 0 Å². The monoisotopic (exact) mass is 330 g/mol. The Kier molecular flexibility index (Phi) is 3.00. The summed E-state index contributed by atoms with van der Waals surface area (Å²) < 4.78 is 2.09. The number of aryl methyl sites for hydroxylation is 2. The molecule has 1 aliphatic carbocycles. The minimum absolute atomic E-state index is 0.799. The third-order valence-electron chi connectivity index (χ3n) is 4.83. The zero-order valence-corrected chi connectivity index (χ0v) is 13.8. The van der Waals surface area contributed by atoms with Crippen LogP contribution >= 0.6 is 11.6 Å². The van der Waals surface area contributed by atoms with Gasteiger partial charge < -0.3 is 0 Å². The van der Waals surface area contributed by atoms with E-state index in [4.69, 9.17) is 16.7 Å². The molecule has 0 saturated heterocycles. The molecular weight excluding hydrogens is 316 g/mol. The van der Waals surface area contributed by atoms with Gasteiger partial charge in [0.05, 0.1) is 17.6 Å². The number of rotatable bonds is 1. The second-order valence-electron chi connectivity index (χ2n) is 6.23. The molecule has 0 radical (unpaired) electrons. The van der Waals surface area contributed by atoms with Gasteiger partial charge in [-0.05, 0) is 47.6 Å². The Labute approximate surface area is 145 Å². The molecule has 0 N–H and O–H groups in total. The van der Waals surface area contributed by atoms with E-state index >= 15 is 0 Å². The predicted octanol–water partition coefficient (Wildman–Crippen LogP) is 5.44. The average molecular weight is 331 g/mol. The highest BCUT2D eigenvalue weighted by Crippen LogP contribution is 2.37. The van der Waals surface area contributed by atoms with E-state index in [9.17, 15) is 0 Å². The number of aromatic nitrogens is 2. The Hall–Kier alpha value is -2.58. The Morgan fingerprint density at radius 1 is 0.875 bits per heavy atom. The topological polar surface area (TPSA) is 17.8 Å². The molecule has 0 bridgehead atoms. The molecule has 3 aromatic carbocycles. The summed E-state index contributed by atoms with van der Waals surface area (Å²) in [7, 11) is 0. The van der Waals surface area contributed by atoms with Crippen LogP contribution in [0.5, 0.6) is 0 Å². The van der Waals surface area contributed by atoms with E-state index in [1.54, 1.807) is 0 Å². The Bertz CT molecular complexity index is 1070. The fraction of sp³-hybridized carbons (Fsp3) is 0.0952. The van der Waals surface area contributed by atoms with Crippen molar-refractivity contribution in [2.75, 3.05) is 0 Å². The maximum Gasteiger partial charge on any atom is 0.0776 e. The van der Waals surface area contributed by atoms with Gasteiger partial charge in [-0.2, -0.15) is 5.10 Å². The minimum Gasteiger partial charge on any atom is -0.232 e. The van der Waals surface area contributed by atoms with Crippen molar-refractivity contribution in [2.45, 2.75) is 12.8 Å². The van der Waals surface area contributed by atoms with Crippen LogP contribution < -0.4 is 0 Å². The van der Waals surface area contributed by atoms with Gasteiger partial charge in [-0.25, -0.2) is 4.68 Å². The summed E-state index contributed by atoms with van der Waals surface area (Å²) in [6, 6.07) is 21.0. The van der Waals surface area contributed by atoms with Crippen LogP contribution in [0.3, 0.4) is 0 Å². The highest BCUT2D eigenvalue weighted by Gasteiger charge is 2.22. The molecule has 1 aromatic heterocycles. The third kappa shape index (κ3) is 2.00. The summed E-state index contributed by atoms with van der Waals surface area (Å²) >= 11 is 6.19. The summed E-state index contributed by atoms with van der Waals surface area (Å²) in [5.41, 5.74) is 6.17. The molecule has 5 rings (SSSR count). The third-order valence-corrected chi connectivity index (χ3v) is 5.06. The van der Waals surface area contributed by atoms with Crippen LogP contribution in [0.25, 0.3) is 27.7 Å². The van der Waals surface area contributed by atoms with Gasteiger partial charge in [0.25, 0.3) is 0 Å². The molecule has 4 aromatic rings. The Morgan fingerprint density at radius 3 is 2.67 bits per heavy atom. The fourth-order valence-corrected chi connectivity index (χ4v) is 3.89. The number of halogens is 1. The van der Waals surface area contributed by atoms with Crippen molar-refractivity contribution in [1.29, 1.82) is 0 Å². The lowest BCUT2D eigenvalue weighted by atomic mass is 9.90. The zero-order valence-electron chi connectivity index (χ0n) is 13.0. The van der Waals surface area contributed by atoms with Gasteiger partial charge in [-0.1, -0.05) is 54.1 Å². The lowest BCUT2D eigenvalue weighted by Gasteiger charge is -2.19. The number of nitrogens with zero attached hydrogens (tertiary/aromatic N) is 2. The lowest BCUT2D eigenvalue weighted by molar-refractivity contribution is 0.882. The maximum absolute atomic E-state index is 6.19. The van der Waals surface area contributed by atoms with Crippen LogP contribution in [0.4, 0.5) is 0 Å². The van der Waals surface area contributed by atoms with E-state index in [-0.39, 0.29) is 0 Å². The fourth-order valence-electron chi connectivity index (χ4n) is 3.70. The molecule has 0 atom stereocenters. The van der Waals surface area contributed by atoms with E-state index in [2.05, 4.69) is 59.3 Å². The Morgan fingerprint density at radius 2 is 1.71 bits per heavy atom. The molecule has 0 spiro atoms. The molecule has 3 heteroatoms. The molecule has 0 amide bonds. The summed E-state index contributed by atoms with van der Waals surface area (Å²) in [5, 5.41) is 7.97.